The smallest absolute Gasteiger partial charge is 0.0434 e. The number of aromatic nitrogens is 3. The molecule has 0 saturated heterocycles. The van der Waals surface area contributed by atoms with Gasteiger partial charge in [-0.1, -0.05) is 26.0 Å². The summed E-state index contributed by atoms with van der Waals surface area (Å²) < 4.78 is 0. The van der Waals surface area contributed by atoms with Crippen LogP contribution >= 0.6 is 0 Å². The molecule has 3 aromatic rings. The second-order valence-corrected chi connectivity index (χ2v) is 7.68. The number of hydrogen-bond acceptors (Lipinski definition) is 3. The van der Waals surface area contributed by atoms with E-state index in [1.54, 1.807) is 0 Å². The van der Waals surface area contributed by atoms with Gasteiger partial charge in [0.1, 0.15) is 0 Å². The highest BCUT2D eigenvalue weighted by molar-refractivity contribution is 5.18. The number of pyridine rings is 3. The van der Waals surface area contributed by atoms with E-state index in [0.717, 1.165) is 12.8 Å². The summed E-state index contributed by atoms with van der Waals surface area (Å²) >= 11 is 0. The summed E-state index contributed by atoms with van der Waals surface area (Å²) in [6, 6.07) is 14.8. The van der Waals surface area contributed by atoms with E-state index in [4.69, 9.17) is 0 Å². The van der Waals surface area contributed by atoms with Crippen molar-refractivity contribution in [1.29, 1.82) is 0 Å². The molecule has 146 valence electrons. The van der Waals surface area contributed by atoms with E-state index in [2.05, 4.69) is 65.2 Å². The normalized spacial score (nSPS) is 14.4. The van der Waals surface area contributed by atoms with Crippen LogP contribution in [0.4, 0.5) is 0 Å². The van der Waals surface area contributed by atoms with E-state index < -0.39 is 0 Å². The Balaban J connectivity index is 1.65. The van der Waals surface area contributed by atoms with E-state index >= 15 is 0 Å². The minimum atomic E-state index is 0.526. The van der Waals surface area contributed by atoms with E-state index in [-0.39, 0.29) is 0 Å². The summed E-state index contributed by atoms with van der Waals surface area (Å²) in [7, 11) is 0. The molecule has 0 N–H and O–H groups in total. The van der Waals surface area contributed by atoms with Gasteiger partial charge in [0.2, 0.25) is 0 Å². The number of hydrogen-bond donors (Lipinski definition) is 0. The van der Waals surface area contributed by atoms with Crippen LogP contribution in [0.15, 0.2) is 73.4 Å². The first-order valence-corrected chi connectivity index (χ1v) is 10.5. The highest BCUT2D eigenvalue weighted by Gasteiger charge is 2.18. The lowest BCUT2D eigenvalue weighted by molar-refractivity contribution is 0.466. The minimum Gasteiger partial charge on any atom is -0.265 e. The van der Waals surface area contributed by atoms with E-state index in [1.807, 2.05) is 37.1 Å². The standard InChI is InChI=1S/C25H31N3/c1-3-21(25-8-4-5-16-28-25)11-12-23(24-7-6-15-27-19-24)10-9-20(2)22-13-17-26-18-14-22/h4-8,13-21,23H,3,9-12H2,1-2H3. The summed E-state index contributed by atoms with van der Waals surface area (Å²) in [4.78, 5) is 13.1. The van der Waals surface area contributed by atoms with Gasteiger partial charge >= 0.3 is 0 Å². The van der Waals surface area contributed by atoms with Gasteiger partial charge in [-0.05, 0) is 85.4 Å². The molecule has 0 radical (unpaired) electrons. The Morgan fingerprint density at radius 2 is 1.50 bits per heavy atom. The molecule has 0 amide bonds. The maximum atomic E-state index is 4.60. The fourth-order valence-corrected chi connectivity index (χ4v) is 3.99. The van der Waals surface area contributed by atoms with Crippen LogP contribution in [0.1, 0.15) is 80.5 Å². The molecule has 0 aliphatic heterocycles. The monoisotopic (exact) mass is 373 g/mol. The van der Waals surface area contributed by atoms with Gasteiger partial charge in [-0.3, -0.25) is 15.0 Å². The van der Waals surface area contributed by atoms with Gasteiger partial charge in [0.25, 0.3) is 0 Å². The average molecular weight is 374 g/mol. The molecule has 3 unspecified atom stereocenters. The molecular weight excluding hydrogens is 342 g/mol. The zero-order valence-corrected chi connectivity index (χ0v) is 17.0. The number of rotatable bonds is 10. The van der Waals surface area contributed by atoms with Gasteiger partial charge < -0.3 is 0 Å². The van der Waals surface area contributed by atoms with Crippen molar-refractivity contribution in [3.05, 3.63) is 90.3 Å². The molecule has 3 heterocycles. The van der Waals surface area contributed by atoms with Gasteiger partial charge in [0, 0.05) is 42.6 Å². The Morgan fingerprint density at radius 1 is 0.714 bits per heavy atom. The van der Waals surface area contributed by atoms with Crippen molar-refractivity contribution in [2.45, 2.75) is 63.7 Å². The highest BCUT2D eigenvalue weighted by Crippen LogP contribution is 2.34. The first kappa shape index (κ1) is 20.2. The molecule has 3 nitrogen and oxygen atoms in total. The Kier molecular flexibility index (Phi) is 7.71. The summed E-state index contributed by atoms with van der Waals surface area (Å²) in [5.41, 5.74) is 3.96. The van der Waals surface area contributed by atoms with E-state index in [9.17, 15) is 0 Å². The van der Waals surface area contributed by atoms with E-state index in [1.165, 1.54) is 36.1 Å². The molecule has 3 heteroatoms. The zero-order valence-electron chi connectivity index (χ0n) is 17.0. The molecule has 3 atom stereocenters. The van der Waals surface area contributed by atoms with Crippen LogP contribution in [-0.4, -0.2) is 15.0 Å². The Bertz CT molecular complexity index is 790. The van der Waals surface area contributed by atoms with Crippen molar-refractivity contribution in [2.24, 2.45) is 0 Å². The Morgan fingerprint density at radius 3 is 2.18 bits per heavy atom. The maximum Gasteiger partial charge on any atom is 0.0434 e. The molecule has 0 spiro atoms. The first-order chi connectivity index (χ1) is 13.8. The predicted molar refractivity (Wildman–Crippen MR) is 115 cm³/mol. The molecule has 0 fully saturated rings. The van der Waals surface area contributed by atoms with Crippen LogP contribution in [0.2, 0.25) is 0 Å². The fourth-order valence-electron chi connectivity index (χ4n) is 3.99. The summed E-state index contributed by atoms with van der Waals surface area (Å²) in [5.74, 6) is 1.61. The lowest BCUT2D eigenvalue weighted by Gasteiger charge is -2.22. The van der Waals surface area contributed by atoms with Crippen molar-refractivity contribution in [1.82, 2.24) is 15.0 Å². The van der Waals surface area contributed by atoms with Crippen molar-refractivity contribution in [3.63, 3.8) is 0 Å². The summed E-state index contributed by atoms with van der Waals surface area (Å²) in [6.45, 7) is 4.59. The van der Waals surface area contributed by atoms with Crippen molar-refractivity contribution >= 4 is 0 Å². The zero-order chi connectivity index (χ0) is 19.6. The topological polar surface area (TPSA) is 38.7 Å². The van der Waals surface area contributed by atoms with Gasteiger partial charge in [0.05, 0.1) is 0 Å². The van der Waals surface area contributed by atoms with Gasteiger partial charge in [-0.2, -0.15) is 0 Å². The lowest BCUT2D eigenvalue weighted by Crippen LogP contribution is -2.07. The summed E-state index contributed by atoms with van der Waals surface area (Å²) in [6.07, 6.45) is 15.4. The van der Waals surface area contributed by atoms with Crippen LogP contribution in [-0.2, 0) is 0 Å². The molecule has 0 aliphatic carbocycles. The van der Waals surface area contributed by atoms with Crippen molar-refractivity contribution in [3.8, 4) is 0 Å². The summed E-state index contributed by atoms with van der Waals surface area (Å²) in [5, 5.41) is 0. The number of nitrogens with zero attached hydrogens (tertiary/aromatic N) is 3. The van der Waals surface area contributed by atoms with Crippen molar-refractivity contribution in [2.75, 3.05) is 0 Å². The predicted octanol–water partition coefficient (Wildman–Crippen LogP) is 6.51. The first-order valence-electron chi connectivity index (χ1n) is 10.5. The third-order valence-electron chi connectivity index (χ3n) is 5.84. The second-order valence-electron chi connectivity index (χ2n) is 7.68. The molecule has 0 saturated carbocycles. The van der Waals surface area contributed by atoms with Gasteiger partial charge in [0.15, 0.2) is 0 Å². The third-order valence-corrected chi connectivity index (χ3v) is 5.84. The van der Waals surface area contributed by atoms with Crippen LogP contribution < -0.4 is 0 Å². The maximum absolute atomic E-state index is 4.60. The molecule has 28 heavy (non-hydrogen) atoms. The van der Waals surface area contributed by atoms with Crippen LogP contribution in [0, 0.1) is 0 Å². The molecule has 3 aromatic heterocycles. The SMILES string of the molecule is CCC(CCC(CCC(C)c1ccncc1)c1cccnc1)c1ccccn1. The third kappa shape index (κ3) is 5.72. The highest BCUT2D eigenvalue weighted by atomic mass is 14.7. The lowest BCUT2D eigenvalue weighted by atomic mass is 9.83. The van der Waals surface area contributed by atoms with Crippen LogP contribution in [0.3, 0.4) is 0 Å². The quantitative estimate of drug-likeness (QED) is 0.406. The van der Waals surface area contributed by atoms with Gasteiger partial charge in [-0.25, -0.2) is 0 Å². The van der Waals surface area contributed by atoms with Crippen LogP contribution in [0.25, 0.3) is 0 Å². The van der Waals surface area contributed by atoms with Gasteiger partial charge in [-0.15, -0.1) is 0 Å². The molecular formula is C25H31N3. The molecule has 0 aromatic carbocycles. The minimum absolute atomic E-state index is 0.526. The fraction of sp³-hybridized carbons (Fsp3) is 0.400. The van der Waals surface area contributed by atoms with Crippen molar-refractivity contribution < 1.29 is 0 Å². The molecule has 3 rings (SSSR count). The largest absolute Gasteiger partial charge is 0.265 e. The molecule has 0 aliphatic rings. The average Bonchev–Trinajstić information content (AvgIpc) is 2.78. The van der Waals surface area contributed by atoms with E-state index in [0.29, 0.717) is 17.8 Å². The molecule has 0 bridgehead atoms. The Labute approximate surface area is 169 Å². The second kappa shape index (κ2) is 10.7. The Hall–Kier alpha value is -2.55. The van der Waals surface area contributed by atoms with Crippen LogP contribution in [0.5, 0.6) is 0 Å².